The normalized spacial score (nSPS) is 15.6. The van der Waals surface area contributed by atoms with Crippen molar-refractivity contribution in [2.24, 2.45) is 0 Å². The zero-order valence-electron chi connectivity index (χ0n) is 9.28. The van der Waals surface area contributed by atoms with Crippen molar-refractivity contribution in [3.63, 3.8) is 0 Å². The smallest absolute Gasteiger partial charge is 0.338 e. The van der Waals surface area contributed by atoms with E-state index in [9.17, 15) is 13.2 Å². The van der Waals surface area contributed by atoms with E-state index in [-0.39, 0.29) is 30.8 Å². The molecular formula is C9H13Cl2F3N4. The molecule has 0 amide bonds. The number of aromatic nitrogens is 2. The summed E-state index contributed by atoms with van der Waals surface area (Å²) in [5, 5.41) is 3.11. The van der Waals surface area contributed by atoms with Crippen LogP contribution in [-0.4, -0.2) is 36.1 Å². The van der Waals surface area contributed by atoms with Gasteiger partial charge in [-0.3, -0.25) is 0 Å². The standard InChI is InChI=1S/C9H11F3N4.2ClH/c10-9(11,12)7-1-2-14-8(15-7)16-5-3-13-4-6-16;;/h1-2,13H,3-6H2;2*1H. The van der Waals surface area contributed by atoms with Gasteiger partial charge in [0, 0.05) is 32.4 Å². The molecule has 0 saturated carbocycles. The van der Waals surface area contributed by atoms with E-state index in [0.29, 0.717) is 13.1 Å². The van der Waals surface area contributed by atoms with E-state index < -0.39 is 11.9 Å². The Labute approximate surface area is 115 Å². The maximum atomic E-state index is 12.4. The molecule has 1 fully saturated rings. The molecule has 1 aromatic heterocycles. The van der Waals surface area contributed by atoms with E-state index in [2.05, 4.69) is 15.3 Å². The van der Waals surface area contributed by atoms with Crippen molar-refractivity contribution in [1.29, 1.82) is 0 Å². The minimum absolute atomic E-state index is 0. The summed E-state index contributed by atoms with van der Waals surface area (Å²) >= 11 is 0. The Kier molecular flexibility index (Phi) is 6.66. The second kappa shape index (κ2) is 6.96. The lowest BCUT2D eigenvalue weighted by atomic mass is 10.3. The van der Waals surface area contributed by atoms with Gasteiger partial charge in [-0.05, 0) is 6.07 Å². The molecule has 104 valence electrons. The summed E-state index contributed by atoms with van der Waals surface area (Å²) in [5.74, 6) is 0.149. The fourth-order valence-corrected chi connectivity index (χ4v) is 1.52. The highest BCUT2D eigenvalue weighted by Gasteiger charge is 2.33. The van der Waals surface area contributed by atoms with Crippen molar-refractivity contribution in [1.82, 2.24) is 15.3 Å². The third-order valence-corrected chi connectivity index (χ3v) is 2.33. The third-order valence-electron chi connectivity index (χ3n) is 2.33. The first-order valence-corrected chi connectivity index (χ1v) is 4.93. The molecule has 1 aliphatic rings. The Hall–Kier alpha value is -0.790. The predicted molar refractivity (Wildman–Crippen MR) is 66.6 cm³/mol. The van der Waals surface area contributed by atoms with Crippen LogP contribution in [0.4, 0.5) is 19.1 Å². The van der Waals surface area contributed by atoms with Gasteiger partial charge < -0.3 is 10.2 Å². The summed E-state index contributed by atoms with van der Waals surface area (Å²) in [4.78, 5) is 9.14. The molecule has 0 aromatic carbocycles. The molecular weight excluding hydrogens is 292 g/mol. The van der Waals surface area contributed by atoms with Crippen molar-refractivity contribution < 1.29 is 13.2 Å². The van der Waals surface area contributed by atoms with Crippen LogP contribution in [-0.2, 0) is 6.18 Å². The summed E-state index contributed by atoms with van der Waals surface area (Å²) in [5.41, 5.74) is -0.893. The number of nitrogens with one attached hydrogen (secondary N) is 1. The first-order chi connectivity index (χ1) is 7.57. The van der Waals surface area contributed by atoms with Crippen molar-refractivity contribution in [3.05, 3.63) is 18.0 Å². The van der Waals surface area contributed by atoms with Crippen LogP contribution in [0.5, 0.6) is 0 Å². The van der Waals surface area contributed by atoms with E-state index in [1.807, 2.05) is 0 Å². The molecule has 0 spiro atoms. The van der Waals surface area contributed by atoms with Crippen LogP contribution in [0.2, 0.25) is 0 Å². The topological polar surface area (TPSA) is 41.1 Å². The number of anilines is 1. The number of halogens is 5. The molecule has 2 heterocycles. The molecule has 1 aromatic rings. The second-order valence-electron chi connectivity index (χ2n) is 3.48. The largest absolute Gasteiger partial charge is 0.433 e. The van der Waals surface area contributed by atoms with E-state index in [1.54, 1.807) is 4.90 Å². The number of alkyl halides is 3. The molecule has 0 atom stereocenters. The molecule has 18 heavy (non-hydrogen) atoms. The van der Waals surface area contributed by atoms with Crippen molar-refractivity contribution in [2.75, 3.05) is 31.1 Å². The zero-order chi connectivity index (χ0) is 11.6. The summed E-state index contributed by atoms with van der Waals surface area (Å²) in [6, 6.07) is 0.881. The fraction of sp³-hybridized carbons (Fsp3) is 0.556. The van der Waals surface area contributed by atoms with Gasteiger partial charge in [0.05, 0.1) is 0 Å². The Balaban J connectivity index is 0.00000144. The van der Waals surface area contributed by atoms with E-state index in [1.165, 1.54) is 0 Å². The van der Waals surface area contributed by atoms with Gasteiger partial charge in [-0.15, -0.1) is 24.8 Å². The van der Waals surface area contributed by atoms with E-state index in [0.717, 1.165) is 25.4 Å². The first-order valence-electron chi connectivity index (χ1n) is 4.93. The molecule has 0 bridgehead atoms. The highest BCUT2D eigenvalue weighted by molar-refractivity contribution is 5.85. The number of hydrogen-bond donors (Lipinski definition) is 1. The van der Waals surface area contributed by atoms with Gasteiger partial charge in [-0.25, -0.2) is 9.97 Å². The maximum Gasteiger partial charge on any atom is 0.433 e. The molecule has 1 N–H and O–H groups in total. The highest BCUT2D eigenvalue weighted by atomic mass is 35.5. The van der Waals surface area contributed by atoms with Gasteiger partial charge in [0.15, 0.2) is 0 Å². The number of nitrogens with zero attached hydrogens (tertiary/aromatic N) is 3. The molecule has 1 saturated heterocycles. The fourth-order valence-electron chi connectivity index (χ4n) is 1.52. The van der Waals surface area contributed by atoms with Crippen molar-refractivity contribution in [3.8, 4) is 0 Å². The lowest BCUT2D eigenvalue weighted by molar-refractivity contribution is -0.141. The molecule has 4 nitrogen and oxygen atoms in total. The van der Waals surface area contributed by atoms with Crippen LogP contribution in [0.3, 0.4) is 0 Å². The lowest BCUT2D eigenvalue weighted by Crippen LogP contribution is -2.44. The summed E-state index contributed by atoms with van der Waals surface area (Å²) in [6.07, 6.45) is -3.26. The Morgan fingerprint density at radius 2 is 1.78 bits per heavy atom. The van der Waals surface area contributed by atoms with Gasteiger partial charge in [-0.1, -0.05) is 0 Å². The average molecular weight is 305 g/mol. The van der Waals surface area contributed by atoms with Gasteiger partial charge in [0.2, 0.25) is 5.95 Å². The summed E-state index contributed by atoms with van der Waals surface area (Å²) in [7, 11) is 0. The maximum absolute atomic E-state index is 12.4. The van der Waals surface area contributed by atoms with Crippen molar-refractivity contribution >= 4 is 30.8 Å². The van der Waals surface area contributed by atoms with Crippen molar-refractivity contribution in [2.45, 2.75) is 6.18 Å². The zero-order valence-corrected chi connectivity index (χ0v) is 10.9. The lowest BCUT2D eigenvalue weighted by Gasteiger charge is -2.27. The minimum Gasteiger partial charge on any atom is -0.338 e. The van der Waals surface area contributed by atoms with Gasteiger partial charge in [-0.2, -0.15) is 13.2 Å². The Morgan fingerprint density at radius 1 is 1.17 bits per heavy atom. The van der Waals surface area contributed by atoms with Gasteiger partial charge >= 0.3 is 6.18 Å². The number of hydrogen-bond acceptors (Lipinski definition) is 4. The summed E-state index contributed by atoms with van der Waals surface area (Å²) in [6.45, 7) is 2.72. The Bertz CT molecular complexity index is 369. The van der Waals surface area contributed by atoms with Crippen LogP contribution < -0.4 is 10.2 Å². The highest BCUT2D eigenvalue weighted by Crippen LogP contribution is 2.28. The Morgan fingerprint density at radius 3 is 2.33 bits per heavy atom. The monoisotopic (exact) mass is 304 g/mol. The van der Waals surface area contributed by atoms with Crippen LogP contribution in [0.15, 0.2) is 12.3 Å². The minimum atomic E-state index is -4.41. The molecule has 0 unspecified atom stereocenters. The predicted octanol–water partition coefficient (Wildman–Crippen LogP) is 1.75. The van der Waals surface area contributed by atoms with E-state index in [4.69, 9.17) is 0 Å². The molecule has 2 rings (SSSR count). The van der Waals surface area contributed by atoms with Gasteiger partial charge in [0.25, 0.3) is 0 Å². The van der Waals surface area contributed by atoms with Crippen LogP contribution in [0.1, 0.15) is 5.69 Å². The molecule has 0 radical (unpaired) electrons. The van der Waals surface area contributed by atoms with Crippen LogP contribution in [0, 0.1) is 0 Å². The second-order valence-corrected chi connectivity index (χ2v) is 3.48. The van der Waals surface area contributed by atoms with Crippen LogP contribution in [0.25, 0.3) is 0 Å². The number of piperazine rings is 1. The molecule has 0 aliphatic carbocycles. The third kappa shape index (κ3) is 4.15. The van der Waals surface area contributed by atoms with Gasteiger partial charge in [0.1, 0.15) is 5.69 Å². The number of rotatable bonds is 1. The SMILES string of the molecule is Cl.Cl.FC(F)(F)c1ccnc(N2CCNCC2)n1. The first kappa shape index (κ1) is 17.2. The molecule has 1 aliphatic heterocycles. The van der Waals surface area contributed by atoms with E-state index >= 15 is 0 Å². The molecule has 9 heteroatoms. The van der Waals surface area contributed by atoms with Crippen LogP contribution >= 0.6 is 24.8 Å². The average Bonchev–Trinajstić information content (AvgIpc) is 2.29. The summed E-state index contributed by atoms with van der Waals surface area (Å²) < 4.78 is 37.2. The quantitative estimate of drug-likeness (QED) is 0.858.